The highest BCUT2D eigenvalue weighted by molar-refractivity contribution is 7.86. The predicted molar refractivity (Wildman–Crippen MR) is 73.9 cm³/mol. The molecule has 0 aromatic heterocycles. The van der Waals surface area contributed by atoms with E-state index in [1.165, 1.54) is 20.1 Å². The maximum atomic E-state index is 11.5. The summed E-state index contributed by atoms with van der Waals surface area (Å²) in [6, 6.07) is 2.36. The zero-order valence-corrected chi connectivity index (χ0v) is 13.4. The van der Waals surface area contributed by atoms with Gasteiger partial charge in [0.1, 0.15) is 0 Å². The van der Waals surface area contributed by atoms with E-state index in [1.807, 2.05) is 0 Å². The van der Waals surface area contributed by atoms with Crippen molar-refractivity contribution in [2.45, 2.75) is 6.92 Å². The second-order valence-corrected chi connectivity index (χ2v) is 7.25. The first-order valence-electron chi connectivity index (χ1n) is 5.45. The average Bonchev–Trinajstić information content (AvgIpc) is 2.26. The van der Waals surface area contributed by atoms with Crippen LogP contribution in [0.25, 0.3) is 0 Å². The van der Waals surface area contributed by atoms with Gasteiger partial charge < -0.3 is 13.1 Å². The van der Waals surface area contributed by atoms with Gasteiger partial charge in [0.25, 0.3) is 0 Å². The number of carbonyl (C=O) groups excluding carboxylic acids is 1. The van der Waals surface area contributed by atoms with Crippen molar-refractivity contribution in [3.63, 3.8) is 0 Å². The number of carbonyl (C=O) groups is 1. The van der Waals surface area contributed by atoms with Crippen LogP contribution in [0.4, 0.5) is 0 Å². The van der Waals surface area contributed by atoms with E-state index in [0.29, 0.717) is 0 Å². The van der Waals surface area contributed by atoms with Gasteiger partial charge in [-0.15, -0.1) is 0 Å². The molecule has 0 aliphatic carbocycles. The average molecular weight is 338 g/mol. The van der Waals surface area contributed by atoms with Crippen LogP contribution in [0.1, 0.15) is 17.3 Å². The lowest BCUT2D eigenvalue weighted by Gasteiger charge is -2.15. The van der Waals surface area contributed by atoms with Gasteiger partial charge in [0.15, 0.2) is 17.3 Å². The quantitative estimate of drug-likeness (QED) is 0.546. The molecule has 10 heteroatoms. The molecule has 1 rings (SSSR count). The summed E-state index contributed by atoms with van der Waals surface area (Å²) in [6.45, 7) is 1.24. The van der Waals surface area contributed by atoms with Crippen LogP contribution in [0.15, 0.2) is 12.1 Å². The summed E-state index contributed by atoms with van der Waals surface area (Å²) < 4.78 is 59.3. The number of ether oxygens (including phenoxy) is 1. The SMILES string of the molecule is COc1c(C(C)=O)ccc(OS(C)(=O)=O)c1OS(C)(=O)=O. The molecule has 0 amide bonds. The van der Waals surface area contributed by atoms with E-state index in [2.05, 4.69) is 4.18 Å². The Balaban J connectivity index is 3.62. The Morgan fingerprint density at radius 2 is 1.48 bits per heavy atom. The lowest BCUT2D eigenvalue weighted by Crippen LogP contribution is -2.12. The zero-order valence-electron chi connectivity index (χ0n) is 11.7. The van der Waals surface area contributed by atoms with Crippen molar-refractivity contribution < 1.29 is 34.7 Å². The number of hydrogen-bond acceptors (Lipinski definition) is 8. The Bertz CT molecular complexity index is 762. The van der Waals surface area contributed by atoms with Gasteiger partial charge in [-0.3, -0.25) is 4.79 Å². The Morgan fingerprint density at radius 1 is 0.952 bits per heavy atom. The molecule has 0 atom stereocenters. The zero-order chi connectivity index (χ0) is 16.4. The standard InChI is InChI=1S/C11H14O8S2/c1-7(12)8-5-6-9(18-20(3,13)14)11(10(8)17-2)19-21(4,15)16/h5-6H,1-4H3. The van der Waals surface area contributed by atoms with Crippen molar-refractivity contribution in [3.05, 3.63) is 17.7 Å². The van der Waals surface area contributed by atoms with Gasteiger partial charge in [-0.1, -0.05) is 0 Å². The van der Waals surface area contributed by atoms with Crippen molar-refractivity contribution in [1.29, 1.82) is 0 Å². The second-order valence-electron chi connectivity index (χ2n) is 4.10. The number of methoxy groups -OCH3 is 1. The molecular formula is C11H14O8S2. The smallest absolute Gasteiger partial charge is 0.306 e. The molecule has 0 fully saturated rings. The van der Waals surface area contributed by atoms with E-state index in [9.17, 15) is 21.6 Å². The predicted octanol–water partition coefficient (Wildman–Crippen LogP) is 0.575. The third-order valence-electron chi connectivity index (χ3n) is 2.14. The first kappa shape index (κ1) is 17.2. The molecule has 118 valence electrons. The van der Waals surface area contributed by atoms with Crippen LogP contribution in [0.3, 0.4) is 0 Å². The number of benzene rings is 1. The molecule has 0 bridgehead atoms. The van der Waals surface area contributed by atoms with Gasteiger partial charge in [-0.25, -0.2) is 0 Å². The molecule has 0 saturated heterocycles. The van der Waals surface area contributed by atoms with Crippen LogP contribution in [0.2, 0.25) is 0 Å². The minimum absolute atomic E-state index is 0.0250. The highest BCUT2D eigenvalue weighted by Gasteiger charge is 2.24. The summed E-state index contributed by atoms with van der Waals surface area (Å²) in [5, 5.41) is 0. The van der Waals surface area contributed by atoms with E-state index in [0.717, 1.165) is 18.6 Å². The van der Waals surface area contributed by atoms with Gasteiger partial charge in [0, 0.05) is 0 Å². The van der Waals surface area contributed by atoms with E-state index < -0.39 is 37.5 Å². The summed E-state index contributed by atoms with van der Waals surface area (Å²) in [6.07, 6.45) is 1.54. The molecule has 0 heterocycles. The van der Waals surface area contributed by atoms with Crippen molar-refractivity contribution in [2.24, 2.45) is 0 Å². The van der Waals surface area contributed by atoms with Crippen molar-refractivity contribution in [3.8, 4) is 17.2 Å². The largest absolute Gasteiger partial charge is 0.492 e. The highest BCUT2D eigenvalue weighted by Crippen LogP contribution is 2.41. The Kier molecular flexibility index (Phi) is 4.84. The molecule has 0 aliphatic rings. The van der Waals surface area contributed by atoms with Crippen LogP contribution < -0.4 is 13.1 Å². The highest BCUT2D eigenvalue weighted by atomic mass is 32.2. The number of Topliss-reactive ketones (excluding diaryl/α,β-unsaturated/α-hetero) is 1. The van der Waals surface area contributed by atoms with Crippen molar-refractivity contribution >= 4 is 26.0 Å². The molecule has 1 aromatic carbocycles. The van der Waals surface area contributed by atoms with Crippen molar-refractivity contribution in [1.82, 2.24) is 0 Å². The third-order valence-corrected chi connectivity index (χ3v) is 3.09. The maximum Gasteiger partial charge on any atom is 0.306 e. The molecule has 8 nitrogen and oxygen atoms in total. The summed E-state index contributed by atoms with van der Waals surface area (Å²) in [5.74, 6) is -1.55. The van der Waals surface area contributed by atoms with Gasteiger partial charge in [-0.05, 0) is 19.1 Å². The number of hydrogen-bond donors (Lipinski definition) is 0. The minimum Gasteiger partial charge on any atom is -0.492 e. The fraction of sp³-hybridized carbons (Fsp3) is 0.364. The fourth-order valence-electron chi connectivity index (χ4n) is 1.48. The van der Waals surface area contributed by atoms with E-state index >= 15 is 0 Å². The Morgan fingerprint density at radius 3 is 1.86 bits per heavy atom. The fourth-order valence-corrected chi connectivity index (χ4v) is 2.40. The van der Waals surface area contributed by atoms with Gasteiger partial charge in [0.05, 0.1) is 25.2 Å². The molecule has 0 unspecified atom stereocenters. The molecule has 0 aliphatic heterocycles. The molecule has 0 N–H and O–H groups in total. The van der Waals surface area contributed by atoms with Crippen molar-refractivity contribution in [2.75, 3.05) is 19.6 Å². The van der Waals surface area contributed by atoms with Gasteiger partial charge in [0.2, 0.25) is 5.75 Å². The van der Waals surface area contributed by atoms with Crippen LogP contribution in [0.5, 0.6) is 17.2 Å². The maximum absolute atomic E-state index is 11.5. The van der Waals surface area contributed by atoms with Crippen LogP contribution >= 0.6 is 0 Å². The molecule has 0 saturated carbocycles. The topological polar surface area (TPSA) is 113 Å². The lowest BCUT2D eigenvalue weighted by atomic mass is 10.1. The number of rotatable bonds is 6. The molecule has 0 radical (unpaired) electrons. The van der Waals surface area contributed by atoms with Crippen LogP contribution in [-0.4, -0.2) is 42.2 Å². The van der Waals surface area contributed by atoms with E-state index in [4.69, 9.17) is 8.92 Å². The molecule has 1 aromatic rings. The lowest BCUT2D eigenvalue weighted by molar-refractivity contribution is 0.101. The number of ketones is 1. The van der Waals surface area contributed by atoms with E-state index in [1.54, 1.807) is 0 Å². The van der Waals surface area contributed by atoms with Crippen LogP contribution in [-0.2, 0) is 20.2 Å². The second kappa shape index (κ2) is 5.90. The summed E-state index contributed by atoms with van der Waals surface area (Å²) in [4.78, 5) is 11.5. The Labute approximate surface area is 122 Å². The van der Waals surface area contributed by atoms with Gasteiger partial charge in [-0.2, -0.15) is 16.8 Å². The molecular weight excluding hydrogens is 324 g/mol. The molecule has 21 heavy (non-hydrogen) atoms. The minimum atomic E-state index is -4.00. The summed E-state index contributed by atoms with van der Waals surface area (Å²) >= 11 is 0. The normalized spacial score (nSPS) is 11.8. The first-order valence-corrected chi connectivity index (χ1v) is 9.08. The summed E-state index contributed by atoms with van der Waals surface area (Å²) in [7, 11) is -6.74. The summed E-state index contributed by atoms with van der Waals surface area (Å²) in [5.41, 5.74) is 0.0250. The first-order chi connectivity index (χ1) is 9.44. The monoisotopic (exact) mass is 338 g/mol. The van der Waals surface area contributed by atoms with Gasteiger partial charge >= 0.3 is 20.2 Å². The Hall–Kier alpha value is -1.81. The molecule has 0 spiro atoms. The van der Waals surface area contributed by atoms with E-state index in [-0.39, 0.29) is 11.3 Å². The van der Waals surface area contributed by atoms with Crippen LogP contribution in [0, 0.1) is 0 Å². The third kappa shape index (κ3) is 4.90.